The van der Waals surface area contributed by atoms with E-state index in [-0.39, 0.29) is 23.6 Å². The molecular formula is C19H27NO4. The van der Waals surface area contributed by atoms with Gasteiger partial charge in [-0.05, 0) is 26.0 Å². The van der Waals surface area contributed by atoms with Gasteiger partial charge in [0.05, 0.1) is 31.0 Å². The van der Waals surface area contributed by atoms with Crippen molar-refractivity contribution >= 4 is 5.97 Å². The van der Waals surface area contributed by atoms with Gasteiger partial charge >= 0.3 is 5.97 Å². The van der Waals surface area contributed by atoms with E-state index in [9.17, 15) is 4.79 Å². The van der Waals surface area contributed by atoms with Crippen molar-refractivity contribution in [1.29, 1.82) is 0 Å². The number of morpholine rings is 1. The molecule has 0 aromatic heterocycles. The molecular weight excluding hydrogens is 306 g/mol. The Morgan fingerprint density at radius 1 is 1.25 bits per heavy atom. The van der Waals surface area contributed by atoms with E-state index in [1.54, 1.807) is 12.1 Å². The predicted octanol–water partition coefficient (Wildman–Crippen LogP) is 2.36. The number of ether oxygens (including phenoxy) is 3. The smallest absolute Gasteiger partial charge is 0.338 e. The summed E-state index contributed by atoms with van der Waals surface area (Å²) in [5, 5.41) is 0. The van der Waals surface area contributed by atoms with Gasteiger partial charge in [-0.25, -0.2) is 4.79 Å². The number of esters is 1. The van der Waals surface area contributed by atoms with E-state index in [4.69, 9.17) is 14.2 Å². The minimum Gasteiger partial charge on any atom is -0.458 e. The van der Waals surface area contributed by atoms with Gasteiger partial charge in [0.1, 0.15) is 6.10 Å². The summed E-state index contributed by atoms with van der Waals surface area (Å²) in [6.07, 6.45) is 0.602. The fraction of sp³-hybridized carbons (Fsp3) is 0.632. The molecule has 2 aliphatic heterocycles. The highest BCUT2D eigenvalue weighted by Gasteiger charge is 2.39. The summed E-state index contributed by atoms with van der Waals surface area (Å²) in [5.41, 5.74) is 0.343. The van der Waals surface area contributed by atoms with Gasteiger partial charge in [-0.1, -0.05) is 18.2 Å². The zero-order valence-electron chi connectivity index (χ0n) is 14.6. The van der Waals surface area contributed by atoms with E-state index in [1.807, 2.05) is 18.2 Å². The SMILES string of the molecule is CC1(C)C[C@H](OC(=O)c2ccccc2)[C@@H](CN2CCOCC2)CO1. The monoisotopic (exact) mass is 333 g/mol. The van der Waals surface area contributed by atoms with Crippen LogP contribution in [0.25, 0.3) is 0 Å². The number of benzene rings is 1. The average Bonchev–Trinajstić information content (AvgIpc) is 2.59. The van der Waals surface area contributed by atoms with Crippen molar-refractivity contribution in [3.8, 4) is 0 Å². The molecule has 1 aromatic rings. The Hall–Kier alpha value is -1.43. The number of hydrogen-bond acceptors (Lipinski definition) is 5. The summed E-state index contributed by atoms with van der Waals surface area (Å²) in [5.74, 6) is -0.0472. The van der Waals surface area contributed by atoms with Crippen molar-refractivity contribution in [1.82, 2.24) is 4.90 Å². The van der Waals surface area contributed by atoms with E-state index >= 15 is 0 Å². The zero-order chi connectivity index (χ0) is 17.0. The molecule has 2 atom stereocenters. The lowest BCUT2D eigenvalue weighted by Crippen LogP contribution is -2.50. The van der Waals surface area contributed by atoms with Gasteiger partial charge in [0.2, 0.25) is 0 Å². The largest absolute Gasteiger partial charge is 0.458 e. The van der Waals surface area contributed by atoms with Crippen molar-refractivity contribution in [2.45, 2.75) is 32.0 Å². The maximum atomic E-state index is 12.5. The molecule has 2 aliphatic rings. The second-order valence-corrected chi connectivity index (χ2v) is 7.26. The molecule has 0 bridgehead atoms. The third-order valence-electron chi connectivity index (χ3n) is 4.77. The molecule has 0 N–H and O–H groups in total. The van der Waals surface area contributed by atoms with Gasteiger partial charge in [-0.15, -0.1) is 0 Å². The zero-order valence-corrected chi connectivity index (χ0v) is 14.6. The maximum Gasteiger partial charge on any atom is 0.338 e. The van der Waals surface area contributed by atoms with E-state index in [1.165, 1.54) is 0 Å². The Morgan fingerprint density at radius 2 is 1.96 bits per heavy atom. The van der Waals surface area contributed by atoms with E-state index in [2.05, 4.69) is 18.7 Å². The van der Waals surface area contributed by atoms with E-state index in [0.29, 0.717) is 12.2 Å². The Bertz CT molecular complexity index is 540. The topological polar surface area (TPSA) is 48.0 Å². The lowest BCUT2D eigenvalue weighted by Gasteiger charge is -2.42. The van der Waals surface area contributed by atoms with Gasteiger partial charge in [0.15, 0.2) is 0 Å². The quantitative estimate of drug-likeness (QED) is 0.792. The van der Waals surface area contributed by atoms with Crippen LogP contribution in [0.1, 0.15) is 30.6 Å². The van der Waals surface area contributed by atoms with Crippen molar-refractivity contribution in [3.05, 3.63) is 35.9 Å². The first-order valence-corrected chi connectivity index (χ1v) is 8.74. The summed E-state index contributed by atoms with van der Waals surface area (Å²) in [6, 6.07) is 9.20. The molecule has 132 valence electrons. The summed E-state index contributed by atoms with van der Waals surface area (Å²) < 4.78 is 17.3. The minimum absolute atomic E-state index is 0.121. The van der Waals surface area contributed by atoms with Crippen molar-refractivity contribution in [3.63, 3.8) is 0 Å². The first-order chi connectivity index (χ1) is 11.5. The van der Waals surface area contributed by atoms with Crippen molar-refractivity contribution in [2.75, 3.05) is 39.5 Å². The van der Waals surface area contributed by atoms with Crippen LogP contribution in [0.15, 0.2) is 30.3 Å². The molecule has 2 fully saturated rings. The van der Waals surface area contributed by atoms with Crippen LogP contribution in [0.4, 0.5) is 0 Å². The molecule has 5 heteroatoms. The molecule has 0 spiro atoms. The van der Waals surface area contributed by atoms with Gasteiger partial charge in [0, 0.05) is 32.0 Å². The van der Waals surface area contributed by atoms with Crippen LogP contribution in [0, 0.1) is 5.92 Å². The second-order valence-electron chi connectivity index (χ2n) is 7.26. The normalized spacial score (nSPS) is 27.6. The minimum atomic E-state index is -0.261. The number of carbonyl (C=O) groups is 1. The molecule has 0 unspecified atom stereocenters. The van der Waals surface area contributed by atoms with Gasteiger partial charge in [0.25, 0.3) is 0 Å². The van der Waals surface area contributed by atoms with Gasteiger partial charge < -0.3 is 14.2 Å². The Balaban J connectivity index is 1.66. The molecule has 0 saturated carbocycles. The van der Waals surface area contributed by atoms with Gasteiger partial charge in [-0.3, -0.25) is 4.90 Å². The molecule has 1 aromatic carbocycles. The third-order valence-corrected chi connectivity index (χ3v) is 4.77. The molecule has 5 nitrogen and oxygen atoms in total. The molecule has 0 aliphatic carbocycles. The summed E-state index contributed by atoms with van der Waals surface area (Å²) >= 11 is 0. The Kier molecular flexibility index (Phi) is 5.54. The van der Waals surface area contributed by atoms with Crippen LogP contribution in [0.2, 0.25) is 0 Å². The molecule has 2 saturated heterocycles. The lowest BCUT2D eigenvalue weighted by molar-refractivity contribution is -0.139. The first-order valence-electron chi connectivity index (χ1n) is 8.74. The number of rotatable bonds is 4. The summed E-state index contributed by atoms with van der Waals surface area (Å²) in [4.78, 5) is 14.8. The van der Waals surface area contributed by atoms with Crippen LogP contribution in [0.3, 0.4) is 0 Å². The van der Waals surface area contributed by atoms with Crippen LogP contribution < -0.4 is 0 Å². The summed E-state index contributed by atoms with van der Waals surface area (Å²) in [6.45, 7) is 9.02. The predicted molar refractivity (Wildman–Crippen MR) is 91.0 cm³/mol. The molecule has 2 heterocycles. The average molecular weight is 333 g/mol. The number of hydrogen-bond donors (Lipinski definition) is 0. The fourth-order valence-corrected chi connectivity index (χ4v) is 3.35. The van der Waals surface area contributed by atoms with E-state index < -0.39 is 0 Å². The highest BCUT2D eigenvalue weighted by Crippen LogP contribution is 2.31. The Morgan fingerprint density at radius 3 is 2.67 bits per heavy atom. The van der Waals surface area contributed by atoms with E-state index in [0.717, 1.165) is 39.3 Å². The highest BCUT2D eigenvalue weighted by atomic mass is 16.6. The maximum absolute atomic E-state index is 12.5. The number of carbonyl (C=O) groups excluding carboxylic acids is 1. The lowest BCUT2D eigenvalue weighted by atomic mass is 9.88. The standard InChI is InChI=1S/C19H27NO4/c1-19(2)12-17(24-18(21)15-6-4-3-5-7-15)16(14-23-19)13-20-8-10-22-11-9-20/h3-7,16-17H,8-14H2,1-2H3/t16-,17-/m0/s1. The van der Waals surface area contributed by atoms with Crippen molar-refractivity contribution < 1.29 is 19.0 Å². The highest BCUT2D eigenvalue weighted by molar-refractivity contribution is 5.89. The van der Waals surface area contributed by atoms with Crippen LogP contribution in [-0.2, 0) is 14.2 Å². The van der Waals surface area contributed by atoms with Crippen LogP contribution in [0.5, 0.6) is 0 Å². The fourth-order valence-electron chi connectivity index (χ4n) is 3.35. The second kappa shape index (κ2) is 7.64. The van der Waals surface area contributed by atoms with Gasteiger partial charge in [-0.2, -0.15) is 0 Å². The summed E-state index contributed by atoms with van der Waals surface area (Å²) in [7, 11) is 0. The third kappa shape index (κ3) is 4.56. The Labute approximate surface area is 143 Å². The van der Waals surface area contributed by atoms with Crippen LogP contribution in [-0.4, -0.2) is 62.0 Å². The van der Waals surface area contributed by atoms with Crippen LogP contribution >= 0.6 is 0 Å². The molecule has 3 rings (SSSR count). The first kappa shape index (κ1) is 17.4. The van der Waals surface area contributed by atoms with Crippen molar-refractivity contribution in [2.24, 2.45) is 5.92 Å². The molecule has 0 amide bonds. The molecule has 0 radical (unpaired) electrons. The molecule has 24 heavy (non-hydrogen) atoms. The number of nitrogens with zero attached hydrogens (tertiary/aromatic N) is 1.